The second-order valence-electron chi connectivity index (χ2n) is 4.54. The molecule has 0 amide bonds. The van der Waals surface area contributed by atoms with Crippen molar-refractivity contribution in [2.45, 2.75) is 24.4 Å². The van der Waals surface area contributed by atoms with Gasteiger partial charge in [0.15, 0.2) is 0 Å². The largest absolute Gasteiger partial charge is 0.394 e. The van der Waals surface area contributed by atoms with E-state index in [0.717, 1.165) is 0 Å². The fraction of sp³-hybridized carbons (Fsp3) is 0.417. The number of aliphatic hydroxyl groups excluding tert-OH is 4. The van der Waals surface area contributed by atoms with Gasteiger partial charge in [0, 0.05) is 0 Å². The number of aliphatic hydroxyl groups is 4. The second kappa shape index (κ2) is 5.81. The Morgan fingerprint density at radius 3 is 2.60 bits per heavy atom. The Hall–Kier alpha value is -1.58. The Morgan fingerprint density at radius 1 is 1.25 bits per heavy atom. The minimum absolute atomic E-state index is 0.141. The van der Waals surface area contributed by atoms with E-state index in [4.69, 9.17) is 10.8 Å². The molecule has 8 heteroatoms. The summed E-state index contributed by atoms with van der Waals surface area (Å²) in [5.74, 6) is -0.306. The first-order valence-corrected chi connectivity index (χ1v) is 6.00. The fourth-order valence-corrected chi connectivity index (χ4v) is 1.87. The number of H-pyrrole nitrogens is 1. The zero-order valence-corrected chi connectivity index (χ0v) is 10.4. The molecule has 0 radical (unpaired) electrons. The molecule has 110 valence electrons. The Bertz CT molecular complexity index is 591. The van der Waals surface area contributed by atoms with Crippen molar-refractivity contribution >= 4 is 11.0 Å². The highest BCUT2D eigenvalue weighted by molar-refractivity contribution is 5.75. The van der Waals surface area contributed by atoms with Gasteiger partial charge in [0.05, 0.1) is 23.7 Å². The van der Waals surface area contributed by atoms with Crippen molar-refractivity contribution in [1.29, 1.82) is 0 Å². The predicted octanol–water partition coefficient (Wildman–Crippen LogP) is -1.22. The monoisotopic (exact) mass is 285 g/mol. The normalized spacial score (nSPS) is 17.9. The molecule has 0 saturated heterocycles. The number of hydrogen-bond acceptors (Lipinski definition) is 6. The smallest absolute Gasteiger partial charge is 0.127 e. The minimum Gasteiger partial charge on any atom is -0.394 e. The summed E-state index contributed by atoms with van der Waals surface area (Å²) in [6, 6.07) is 2.79. The van der Waals surface area contributed by atoms with Gasteiger partial charge in [-0.25, -0.2) is 9.37 Å². The van der Waals surface area contributed by atoms with Gasteiger partial charge in [0.2, 0.25) is 0 Å². The van der Waals surface area contributed by atoms with Crippen molar-refractivity contribution in [1.82, 2.24) is 9.97 Å². The molecule has 0 aliphatic carbocycles. The highest BCUT2D eigenvalue weighted by Gasteiger charge is 2.31. The second-order valence-corrected chi connectivity index (χ2v) is 4.54. The molecule has 20 heavy (non-hydrogen) atoms. The van der Waals surface area contributed by atoms with E-state index >= 15 is 0 Å². The van der Waals surface area contributed by atoms with E-state index in [1.807, 2.05) is 0 Å². The van der Waals surface area contributed by atoms with Crippen LogP contribution in [0.5, 0.6) is 0 Å². The molecular formula is C12H16FN3O4. The van der Waals surface area contributed by atoms with Crippen LogP contribution in [0.4, 0.5) is 4.39 Å². The van der Waals surface area contributed by atoms with Crippen LogP contribution in [0.2, 0.25) is 0 Å². The lowest BCUT2D eigenvalue weighted by Crippen LogP contribution is -2.45. The molecule has 0 spiro atoms. The number of halogens is 1. The standard InChI is InChI=1S/C12H16FN3O4/c13-5-1-2-6-7(3-5)16-12(15-6)9(14)11(20)10(19)8(18)4-17/h1-3,8-11,17-20H,4,14H2,(H,15,16)/t8-,9-,10+,11-/m1/s1. The summed E-state index contributed by atoms with van der Waals surface area (Å²) in [7, 11) is 0. The van der Waals surface area contributed by atoms with Gasteiger partial charge in [0.1, 0.15) is 30.0 Å². The van der Waals surface area contributed by atoms with Crippen molar-refractivity contribution in [3.8, 4) is 0 Å². The van der Waals surface area contributed by atoms with Gasteiger partial charge in [-0.15, -0.1) is 0 Å². The lowest BCUT2D eigenvalue weighted by atomic mass is 10.0. The molecule has 0 unspecified atom stereocenters. The molecule has 0 bridgehead atoms. The number of nitrogens with two attached hydrogens (primary N) is 1. The third-order valence-corrected chi connectivity index (χ3v) is 3.08. The van der Waals surface area contributed by atoms with Crippen LogP contribution in [-0.2, 0) is 0 Å². The van der Waals surface area contributed by atoms with E-state index in [-0.39, 0.29) is 5.82 Å². The van der Waals surface area contributed by atoms with Crippen LogP contribution in [0.25, 0.3) is 11.0 Å². The number of hydrogen-bond donors (Lipinski definition) is 6. The summed E-state index contributed by atoms with van der Waals surface area (Å²) in [6.07, 6.45) is -4.68. The summed E-state index contributed by atoms with van der Waals surface area (Å²) >= 11 is 0. The maximum Gasteiger partial charge on any atom is 0.127 e. The lowest BCUT2D eigenvalue weighted by molar-refractivity contribution is -0.0844. The van der Waals surface area contributed by atoms with Crippen LogP contribution in [0, 0.1) is 5.82 Å². The van der Waals surface area contributed by atoms with Crippen LogP contribution >= 0.6 is 0 Å². The molecule has 2 aromatic rings. The number of imidazole rings is 1. The maximum absolute atomic E-state index is 13.1. The summed E-state index contributed by atoms with van der Waals surface area (Å²) in [5.41, 5.74) is 6.61. The minimum atomic E-state index is -1.63. The lowest BCUT2D eigenvalue weighted by Gasteiger charge is -2.25. The van der Waals surface area contributed by atoms with Crippen molar-refractivity contribution in [2.75, 3.05) is 6.61 Å². The first kappa shape index (κ1) is 14.8. The molecule has 7 N–H and O–H groups in total. The third kappa shape index (κ3) is 2.79. The van der Waals surface area contributed by atoms with Crippen molar-refractivity contribution in [3.63, 3.8) is 0 Å². The molecule has 7 nitrogen and oxygen atoms in total. The molecule has 0 saturated carbocycles. The van der Waals surface area contributed by atoms with E-state index in [0.29, 0.717) is 11.0 Å². The topological polar surface area (TPSA) is 136 Å². The molecule has 0 fully saturated rings. The molecule has 0 aliphatic rings. The van der Waals surface area contributed by atoms with E-state index < -0.39 is 36.8 Å². The molecule has 1 aromatic heterocycles. The number of aromatic amines is 1. The average molecular weight is 285 g/mol. The van der Waals surface area contributed by atoms with E-state index in [1.165, 1.54) is 18.2 Å². The summed E-state index contributed by atoms with van der Waals surface area (Å²) in [6.45, 7) is -0.712. The van der Waals surface area contributed by atoms with Crippen LogP contribution in [-0.4, -0.2) is 55.3 Å². The van der Waals surface area contributed by atoms with Crippen molar-refractivity contribution in [2.24, 2.45) is 5.73 Å². The highest BCUT2D eigenvalue weighted by Crippen LogP contribution is 2.20. The van der Waals surface area contributed by atoms with Gasteiger partial charge in [0.25, 0.3) is 0 Å². The molecular weight excluding hydrogens is 269 g/mol. The third-order valence-electron chi connectivity index (χ3n) is 3.08. The molecule has 1 heterocycles. The SMILES string of the molecule is N[C@@H](c1nc2ccc(F)cc2[nH]1)[C@@H](O)[C@@H](O)[C@H](O)CO. The van der Waals surface area contributed by atoms with Gasteiger partial charge in [-0.05, 0) is 18.2 Å². The van der Waals surface area contributed by atoms with Crippen LogP contribution in [0.15, 0.2) is 18.2 Å². The number of nitrogens with one attached hydrogen (secondary N) is 1. The number of nitrogens with zero attached hydrogens (tertiary/aromatic N) is 1. The quantitative estimate of drug-likeness (QED) is 0.407. The van der Waals surface area contributed by atoms with Gasteiger partial charge >= 0.3 is 0 Å². The number of rotatable bonds is 5. The molecule has 0 aliphatic heterocycles. The summed E-state index contributed by atoms with van der Waals surface area (Å²) in [4.78, 5) is 6.82. The number of fused-ring (bicyclic) bond motifs is 1. The number of benzene rings is 1. The first-order chi connectivity index (χ1) is 9.43. The highest BCUT2D eigenvalue weighted by atomic mass is 19.1. The fourth-order valence-electron chi connectivity index (χ4n) is 1.87. The van der Waals surface area contributed by atoms with Crippen molar-refractivity contribution < 1.29 is 24.8 Å². The van der Waals surface area contributed by atoms with Gasteiger partial charge in [-0.2, -0.15) is 0 Å². The molecule has 4 atom stereocenters. The Kier molecular flexibility index (Phi) is 4.31. The van der Waals surface area contributed by atoms with E-state index in [2.05, 4.69) is 9.97 Å². The van der Waals surface area contributed by atoms with Crippen LogP contribution < -0.4 is 5.73 Å². The Balaban J connectivity index is 2.24. The number of aromatic nitrogens is 2. The summed E-state index contributed by atoms with van der Waals surface area (Å²) in [5, 5.41) is 37.4. The molecule has 2 rings (SSSR count). The summed E-state index contributed by atoms with van der Waals surface area (Å²) < 4.78 is 13.1. The Labute approximate surface area is 113 Å². The van der Waals surface area contributed by atoms with Crippen LogP contribution in [0.3, 0.4) is 0 Å². The van der Waals surface area contributed by atoms with E-state index in [9.17, 15) is 19.7 Å². The van der Waals surface area contributed by atoms with Crippen molar-refractivity contribution in [3.05, 3.63) is 29.8 Å². The predicted molar refractivity (Wildman–Crippen MR) is 68.1 cm³/mol. The van der Waals surface area contributed by atoms with Gasteiger partial charge in [-0.3, -0.25) is 0 Å². The zero-order chi connectivity index (χ0) is 14.9. The zero-order valence-electron chi connectivity index (χ0n) is 10.4. The maximum atomic E-state index is 13.1. The van der Waals surface area contributed by atoms with Gasteiger partial charge < -0.3 is 31.1 Å². The molecule has 1 aromatic carbocycles. The van der Waals surface area contributed by atoms with Crippen LogP contribution in [0.1, 0.15) is 11.9 Å². The average Bonchev–Trinajstić information content (AvgIpc) is 2.86. The Morgan fingerprint density at radius 2 is 1.95 bits per heavy atom. The first-order valence-electron chi connectivity index (χ1n) is 6.00. The van der Waals surface area contributed by atoms with E-state index in [1.54, 1.807) is 0 Å². The van der Waals surface area contributed by atoms with Gasteiger partial charge in [-0.1, -0.05) is 0 Å².